The van der Waals surface area contributed by atoms with Gasteiger partial charge in [-0.05, 0) is 60.7 Å². The first kappa shape index (κ1) is 23.3. The minimum atomic E-state index is -0.764. The highest BCUT2D eigenvalue weighted by molar-refractivity contribution is 6.36. The molecule has 3 aromatic carbocycles. The second-order valence-electron chi connectivity index (χ2n) is 8.36. The second-order valence-corrected chi connectivity index (χ2v) is 9.18. The third kappa shape index (κ3) is 4.62. The Morgan fingerprint density at radius 1 is 0.909 bits per heavy atom. The number of aliphatic hydroxyl groups excluding tert-OH is 1. The number of hydrogen-bond donors (Lipinski definition) is 1. The van der Waals surface area contributed by atoms with Crippen molar-refractivity contribution in [1.29, 1.82) is 0 Å². The van der Waals surface area contributed by atoms with Crippen molar-refractivity contribution in [1.82, 2.24) is 9.13 Å². The highest BCUT2D eigenvalue weighted by atomic mass is 35.5. The van der Waals surface area contributed by atoms with Crippen LogP contribution in [-0.4, -0.2) is 14.2 Å². The molecule has 0 aliphatic carbocycles. The van der Waals surface area contributed by atoms with Gasteiger partial charge in [0.25, 0.3) is 5.56 Å². The predicted octanol–water partition coefficient (Wildman–Crippen LogP) is 5.30. The molecule has 0 aliphatic rings. The summed E-state index contributed by atoms with van der Waals surface area (Å²) in [7, 11) is 1.66. The third-order valence-electron chi connectivity index (χ3n) is 5.91. The van der Waals surface area contributed by atoms with Gasteiger partial charge in [0.2, 0.25) is 0 Å². The molecule has 1 heterocycles. The highest BCUT2D eigenvalue weighted by Crippen LogP contribution is 2.34. The van der Waals surface area contributed by atoms with E-state index in [0.29, 0.717) is 45.0 Å². The summed E-state index contributed by atoms with van der Waals surface area (Å²) in [6, 6.07) is 19.6. The van der Waals surface area contributed by atoms with Gasteiger partial charge in [-0.25, -0.2) is 9.36 Å². The Labute approximate surface area is 201 Å². The number of benzene rings is 3. The lowest BCUT2D eigenvalue weighted by atomic mass is 9.92. The molecule has 5 nitrogen and oxygen atoms in total. The van der Waals surface area contributed by atoms with Crippen molar-refractivity contribution in [2.75, 3.05) is 0 Å². The Kier molecular flexibility index (Phi) is 6.75. The average Bonchev–Trinajstić information content (AvgIpc) is 2.78. The molecule has 4 rings (SSSR count). The van der Waals surface area contributed by atoms with Crippen LogP contribution in [0.15, 0.2) is 76.3 Å². The first-order chi connectivity index (χ1) is 15.8. The van der Waals surface area contributed by atoms with Crippen LogP contribution < -0.4 is 11.2 Å². The summed E-state index contributed by atoms with van der Waals surface area (Å²) in [5, 5.41) is 12.0. The zero-order valence-electron chi connectivity index (χ0n) is 18.3. The fraction of sp³-hybridized carbons (Fsp3) is 0.231. The Bertz CT molecular complexity index is 1400. The van der Waals surface area contributed by atoms with Crippen LogP contribution in [0, 0.1) is 5.92 Å². The molecular weight excluding hydrogens is 459 g/mol. The molecule has 1 N–H and O–H groups in total. The summed E-state index contributed by atoms with van der Waals surface area (Å²) in [4.78, 5) is 25.8. The number of rotatable bonds is 6. The Balaban J connectivity index is 1.55. The van der Waals surface area contributed by atoms with Crippen molar-refractivity contribution in [2.24, 2.45) is 13.0 Å². The van der Waals surface area contributed by atoms with E-state index in [0.717, 1.165) is 5.56 Å². The number of aryl methyl sites for hydroxylation is 1. The van der Waals surface area contributed by atoms with Crippen LogP contribution in [0.1, 0.15) is 30.6 Å². The molecule has 1 aromatic heterocycles. The lowest BCUT2D eigenvalue weighted by Crippen LogP contribution is -2.37. The number of halogens is 2. The molecule has 0 aliphatic heterocycles. The quantitative estimate of drug-likeness (QED) is 0.405. The second kappa shape index (κ2) is 9.56. The van der Waals surface area contributed by atoms with Crippen LogP contribution in [0.2, 0.25) is 10.0 Å². The monoisotopic (exact) mass is 482 g/mol. The number of para-hydroxylation sites is 1. The van der Waals surface area contributed by atoms with Crippen LogP contribution >= 0.6 is 23.2 Å². The standard InChI is InChI=1S/C26H24Cl2N2O3/c1-16(15-23(31)24-20(27)7-5-8-21(24)28)14-17-10-12-18(13-11-17)30-25(32)19-6-3-4-9-22(19)29(2)26(30)33/h3-13,16,23,31H,14-15H2,1-2H3. The summed E-state index contributed by atoms with van der Waals surface area (Å²) in [5.41, 5.74) is 1.98. The molecule has 0 radical (unpaired) electrons. The van der Waals surface area contributed by atoms with E-state index >= 15 is 0 Å². The first-order valence-corrected chi connectivity index (χ1v) is 11.5. The zero-order valence-corrected chi connectivity index (χ0v) is 19.8. The largest absolute Gasteiger partial charge is 0.388 e. The number of fused-ring (bicyclic) bond motifs is 1. The summed E-state index contributed by atoms with van der Waals surface area (Å²) in [6.45, 7) is 2.05. The minimum absolute atomic E-state index is 0.148. The molecule has 170 valence electrons. The van der Waals surface area contributed by atoms with E-state index in [-0.39, 0.29) is 17.2 Å². The lowest BCUT2D eigenvalue weighted by molar-refractivity contribution is 0.147. The number of aromatic nitrogens is 2. The van der Waals surface area contributed by atoms with E-state index in [4.69, 9.17) is 23.2 Å². The molecular formula is C26H24Cl2N2O3. The predicted molar refractivity (Wildman–Crippen MR) is 134 cm³/mol. The molecule has 4 aromatic rings. The molecule has 0 bridgehead atoms. The van der Waals surface area contributed by atoms with Gasteiger partial charge in [0.05, 0.1) is 22.7 Å². The van der Waals surface area contributed by atoms with Crippen LogP contribution in [0.25, 0.3) is 16.6 Å². The van der Waals surface area contributed by atoms with Gasteiger partial charge in [-0.15, -0.1) is 0 Å². The fourth-order valence-corrected chi connectivity index (χ4v) is 4.88. The van der Waals surface area contributed by atoms with Crippen LogP contribution in [0.4, 0.5) is 0 Å². The van der Waals surface area contributed by atoms with Crippen LogP contribution in [0.3, 0.4) is 0 Å². The summed E-state index contributed by atoms with van der Waals surface area (Å²) >= 11 is 12.4. The van der Waals surface area contributed by atoms with Gasteiger partial charge in [-0.2, -0.15) is 0 Å². The van der Waals surface area contributed by atoms with Gasteiger partial charge in [-0.3, -0.25) is 9.36 Å². The fourth-order valence-electron chi connectivity index (χ4n) is 4.23. The van der Waals surface area contributed by atoms with Gasteiger partial charge >= 0.3 is 5.69 Å². The number of nitrogens with zero attached hydrogens (tertiary/aromatic N) is 2. The molecule has 0 saturated carbocycles. The normalized spacial score (nSPS) is 13.2. The molecule has 0 saturated heterocycles. The highest BCUT2D eigenvalue weighted by Gasteiger charge is 2.19. The first-order valence-electron chi connectivity index (χ1n) is 10.7. The van der Waals surface area contributed by atoms with Crippen molar-refractivity contribution >= 4 is 34.1 Å². The van der Waals surface area contributed by atoms with Crippen LogP contribution in [0.5, 0.6) is 0 Å². The van der Waals surface area contributed by atoms with E-state index in [1.165, 1.54) is 9.13 Å². The van der Waals surface area contributed by atoms with E-state index in [1.54, 1.807) is 61.6 Å². The van der Waals surface area contributed by atoms with E-state index in [9.17, 15) is 14.7 Å². The summed E-state index contributed by atoms with van der Waals surface area (Å²) in [5.74, 6) is 0.148. The number of aliphatic hydroxyl groups is 1. The van der Waals surface area contributed by atoms with Gasteiger partial charge < -0.3 is 5.11 Å². The van der Waals surface area contributed by atoms with Gasteiger partial charge in [0.15, 0.2) is 0 Å². The maximum Gasteiger partial charge on any atom is 0.335 e. The van der Waals surface area contributed by atoms with E-state index in [2.05, 4.69) is 0 Å². The van der Waals surface area contributed by atoms with E-state index in [1.807, 2.05) is 19.1 Å². The maximum absolute atomic E-state index is 13.0. The zero-order chi connectivity index (χ0) is 23.7. The maximum atomic E-state index is 13.0. The smallest absolute Gasteiger partial charge is 0.335 e. The molecule has 0 spiro atoms. The van der Waals surface area contributed by atoms with E-state index < -0.39 is 6.10 Å². The summed E-state index contributed by atoms with van der Waals surface area (Å²) < 4.78 is 2.67. The molecule has 2 unspecified atom stereocenters. The topological polar surface area (TPSA) is 64.2 Å². The van der Waals surface area contributed by atoms with Gasteiger partial charge in [0, 0.05) is 22.7 Å². The van der Waals surface area contributed by atoms with Crippen molar-refractivity contribution in [2.45, 2.75) is 25.9 Å². The minimum Gasteiger partial charge on any atom is -0.388 e. The molecule has 7 heteroatoms. The average molecular weight is 483 g/mol. The van der Waals surface area contributed by atoms with Gasteiger partial charge in [-0.1, -0.05) is 60.5 Å². The third-order valence-corrected chi connectivity index (χ3v) is 6.57. The van der Waals surface area contributed by atoms with Crippen molar-refractivity contribution in [3.63, 3.8) is 0 Å². The molecule has 2 atom stereocenters. The SMILES string of the molecule is CC(Cc1ccc(-n2c(=O)c3ccccc3n(C)c2=O)cc1)CC(O)c1c(Cl)cccc1Cl. The molecule has 0 amide bonds. The Hall–Kier alpha value is -2.86. The van der Waals surface area contributed by atoms with Crippen LogP contribution in [-0.2, 0) is 13.5 Å². The Morgan fingerprint density at radius 3 is 2.21 bits per heavy atom. The summed E-state index contributed by atoms with van der Waals surface area (Å²) in [6.07, 6.45) is 0.444. The molecule has 0 fully saturated rings. The Morgan fingerprint density at radius 2 is 1.55 bits per heavy atom. The lowest BCUT2D eigenvalue weighted by Gasteiger charge is -2.19. The van der Waals surface area contributed by atoms with Gasteiger partial charge in [0.1, 0.15) is 0 Å². The molecule has 33 heavy (non-hydrogen) atoms. The number of hydrogen-bond acceptors (Lipinski definition) is 3. The van der Waals surface area contributed by atoms with Crippen molar-refractivity contribution in [3.8, 4) is 5.69 Å². The van der Waals surface area contributed by atoms with Crippen molar-refractivity contribution < 1.29 is 5.11 Å². The van der Waals surface area contributed by atoms with Crippen molar-refractivity contribution in [3.05, 3.63) is 109 Å².